The van der Waals surface area contributed by atoms with Gasteiger partial charge >= 0.3 is 0 Å². The smallest absolute Gasteiger partial charge is 0.274 e. The van der Waals surface area contributed by atoms with Gasteiger partial charge in [0.25, 0.3) is 11.6 Å². The van der Waals surface area contributed by atoms with Crippen LogP contribution in [-0.2, 0) is 0 Å². The summed E-state index contributed by atoms with van der Waals surface area (Å²) >= 11 is 1.16. The zero-order chi connectivity index (χ0) is 18.1. The van der Waals surface area contributed by atoms with Crippen LogP contribution in [0.4, 0.5) is 10.8 Å². The molecule has 1 heterocycles. The number of anilines is 1. The summed E-state index contributed by atoms with van der Waals surface area (Å²) < 4.78 is 5.75. The summed E-state index contributed by atoms with van der Waals surface area (Å²) in [6.07, 6.45) is 0. The van der Waals surface area contributed by atoms with Crippen LogP contribution in [0.2, 0.25) is 0 Å². The number of rotatable bonds is 4. The number of carbonyl (C=O) groups excluding carboxylic acids is 1. The lowest BCUT2D eigenvalue weighted by atomic mass is 10.1. The molecule has 0 unspecified atom stereocenters. The van der Waals surface area contributed by atoms with Gasteiger partial charge in [-0.25, -0.2) is 4.98 Å². The van der Waals surface area contributed by atoms with Gasteiger partial charge < -0.3 is 4.74 Å². The SMILES string of the molecule is COc1cc([N+](=O)[O-])cc2sc(NC(=O)c3cc(C)cc(C)c3)nc12. The Bertz CT molecular complexity index is 977. The second kappa shape index (κ2) is 6.48. The predicted molar refractivity (Wildman–Crippen MR) is 96.7 cm³/mol. The number of nitrogens with one attached hydrogen (secondary N) is 1. The fourth-order valence-corrected chi connectivity index (χ4v) is 3.49. The number of thiazole rings is 1. The molecular formula is C17H15N3O4S. The number of aromatic nitrogens is 1. The number of amides is 1. The highest BCUT2D eigenvalue weighted by Gasteiger charge is 2.17. The summed E-state index contributed by atoms with van der Waals surface area (Å²) in [5.74, 6) is 0.0201. The van der Waals surface area contributed by atoms with E-state index in [1.54, 1.807) is 12.1 Å². The van der Waals surface area contributed by atoms with Crippen LogP contribution in [-0.4, -0.2) is 22.9 Å². The van der Waals surface area contributed by atoms with Crippen LogP contribution in [0.3, 0.4) is 0 Å². The summed E-state index contributed by atoms with van der Waals surface area (Å²) in [5, 5.41) is 14.1. The first-order valence-corrected chi connectivity index (χ1v) is 8.21. The molecule has 0 fully saturated rings. The highest BCUT2D eigenvalue weighted by atomic mass is 32.1. The van der Waals surface area contributed by atoms with Crippen molar-refractivity contribution in [3.63, 3.8) is 0 Å². The number of nitro groups is 1. The zero-order valence-corrected chi connectivity index (χ0v) is 14.6. The van der Waals surface area contributed by atoms with Crippen molar-refractivity contribution < 1.29 is 14.5 Å². The minimum Gasteiger partial charge on any atom is -0.494 e. The number of carbonyl (C=O) groups is 1. The first kappa shape index (κ1) is 16.8. The largest absolute Gasteiger partial charge is 0.494 e. The monoisotopic (exact) mass is 357 g/mol. The second-order valence-electron chi connectivity index (χ2n) is 5.60. The Hall–Kier alpha value is -3.00. The number of hydrogen-bond acceptors (Lipinski definition) is 6. The quantitative estimate of drug-likeness (QED) is 0.561. The number of nitro benzene ring substituents is 1. The zero-order valence-electron chi connectivity index (χ0n) is 13.8. The lowest BCUT2D eigenvalue weighted by Crippen LogP contribution is -2.12. The van der Waals surface area contributed by atoms with Crippen molar-refractivity contribution in [1.29, 1.82) is 0 Å². The number of nitrogens with zero attached hydrogens (tertiary/aromatic N) is 2. The molecule has 3 aromatic rings. The van der Waals surface area contributed by atoms with E-state index in [2.05, 4.69) is 10.3 Å². The van der Waals surface area contributed by atoms with Crippen LogP contribution in [0.25, 0.3) is 10.2 Å². The average molecular weight is 357 g/mol. The number of hydrogen-bond donors (Lipinski definition) is 1. The molecule has 0 aliphatic carbocycles. The van der Waals surface area contributed by atoms with E-state index in [4.69, 9.17) is 4.74 Å². The maximum Gasteiger partial charge on any atom is 0.274 e. The van der Waals surface area contributed by atoms with E-state index in [9.17, 15) is 14.9 Å². The van der Waals surface area contributed by atoms with E-state index in [0.29, 0.717) is 26.7 Å². The van der Waals surface area contributed by atoms with Gasteiger partial charge in [-0.1, -0.05) is 28.5 Å². The molecule has 2 aromatic carbocycles. The fraction of sp³-hybridized carbons (Fsp3) is 0.176. The molecule has 0 saturated heterocycles. The molecule has 1 amide bonds. The molecule has 0 bridgehead atoms. The van der Waals surface area contributed by atoms with Gasteiger partial charge in [0.1, 0.15) is 5.52 Å². The minimum atomic E-state index is -0.491. The lowest BCUT2D eigenvalue weighted by Gasteiger charge is -2.04. The van der Waals surface area contributed by atoms with Crippen LogP contribution in [0.5, 0.6) is 5.75 Å². The molecule has 3 rings (SSSR count). The van der Waals surface area contributed by atoms with Crippen molar-refractivity contribution in [2.75, 3.05) is 12.4 Å². The van der Waals surface area contributed by atoms with E-state index >= 15 is 0 Å². The van der Waals surface area contributed by atoms with Gasteiger partial charge in [-0.15, -0.1) is 0 Å². The van der Waals surface area contributed by atoms with Crippen LogP contribution in [0.1, 0.15) is 21.5 Å². The Morgan fingerprint density at radius 3 is 2.48 bits per heavy atom. The number of methoxy groups -OCH3 is 1. The topological polar surface area (TPSA) is 94.4 Å². The van der Waals surface area contributed by atoms with E-state index in [0.717, 1.165) is 22.5 Å². The van der Waals surface area contributed by atoms with Gasteiger partial charge in [0.2, 0.25) is 0 Å². The Morgan fingerprint density at radius 1 is 1.20 bits per heavy atom. The van der Waals surface area contributed by atoms with Crippen LogP contribution in [0.15, 0.2) is 30.3 Å². The van der Waals surface area contributed by atoms with Crippen molar-refractivity contribution in [2.24, 2.45) is 0 Å². The lowest BCUT2D eigenvalue weighted by molar-refractivity contribution is -0.384. The molecular weight excluding hydrogens is 342 g/mol. The van der Waals surface area contributed by atoms with Crippen molar-refractivity contribution in [2.45, 2.75) is 13.8 Å². The normalized spacial score (nSPS) is 10.7. The van der Waals surface area contributed by atoms with Crippen molar-refractivity contribution >= 4 is 38.3 Å². The van der Waals surface area contributed by atoms with Gasteiger partial charge in [-0.05, 0) is 26.0 Å². The number of benzene rings is 2. The third-order valence-corrected chi connectivity index (χ3v) is 4.50. The number of ether oxygens (including phenoxy) is 1. The van der Waals surface area contributed by atoms with Crippen molar-refractivity contribution in [3.8, 4) is 5.75 Å². The molecule has 0 spiro atoms. The van der Waals surface area contributed by atoms with Gasteiger partial charge in [-0.3, -0.25) is 20.2 Å². The van der Waals surface area contributed by atoms with E-state index in [1.165, 1.54) is 19.2 Å². The predicted octanol–water partition coefficient (Wildman–Crippen LogP) is 4.08. The van der Waals surface area contributed by atoms with Gasteiger partial charge in [0, 0.05) is 11.6 Å². The molecule has 1 N–H and O–H groups in total. The summed E-state index contributed by atoms with van der Waals surface area (Å²) in [7, 11) is 1.42. The first-order valence-electron chi connectivity index (χ1n) is 7.40. The van der Waals surface area contributed by atoms with E-state index in [-0.39, 0.29) is 11.6 Å². The molecule has 1 aromatic heterocycles. The minimum absolute atomic E-state index is 0.0832. The molecule has 25 heavy (non-hydrogen) atoms. The van der Waals surface area contributed by atoms with E-state index in [1.807, 2.05) is 19.9 Å². The van der Waals surface area contributed by atoms with Crippen LogP contribution < -0.4 is 10.1 Å². The Labute approximate surface area is 147 Å². The standard InChI is InChI=1S/C17H15N3O4S/c1-9-4-10(2)6-11(5-9)16(21)19-17-18-15-13(24-3)7-12(20(22)23)8-14(15)25-17/h4-8H,1-3H3,(H,18,19,21). The maximum atomic E-state index is 12.4. The first-order chi connectivity index (χ1) is 11.9. The van der Waals surface area contributed by atoms with Crippen molar-refractivity contribution in [3.05, 3.63) is 57.1 Å². The Balaban J connectivity index is 1.96. The fourth-order valence-electron chi connectivity index (χ4n) is 2.57. The van der Waals surface area contributed by atoms with E-state index < -0.39 is 4.92 Å². The highest BCUT2D eigenvalue weighted by molar-refractivity contribution is 7.22. The number of aryl methyl sites for hydroxylation is 2. The second-order valence-corrected chi connectivity index (χ2v) is 6.63. The molecule has 0 radical (unpaired) electrons. The molecule has 0 aliphatic heterocycles. The third kappa shape index (κ3) is 3.43. The van der Waals surface area contributed by atoms with Gasteiger partial charge in [0.05, 0.1) is 22.8 Å². The van der Waals surface area contributed by atoms with Crippen molar-refractivity contribution in [1.82, 2.24) is 4.98 Å². The highest BCUT2D eigenvalue weighted by Crippen LogP contribution is 2.36. The van der Waals surface area contributed by atoms with Gasteiger partial charge in [0.15, 0.2) is 10.9 Å². The molecule has 0 saturated carbocycles. The third-order valence-electron chi connectivity index (χ3n) is 3.58. The molecule has 8 heteroatoms. The number of fused-ring (bicyclic) bond motifs is 1. The maximum absolute atomic E-state index is 12.4. The average Bonchev–Trinajstić information content (AvgIpc) is 2.95. The van der Waals surface area contributed by atoms with Gasteiger partial charge in [-0.2, -0.15) is 0 Å². The molecule has 7 nitrogen and oxygen atoms in total. The number of non-ortho nitro benzene ring substituents is 1. The summed E-state index contributed by atoms with van der Waals surface area (Å²) in [6.45, 7) is 3.84. The summed E-state index contributed by atoms with van der Waals surface area (Å²) in [4.78, 5) is 27.3. The van der Waals surface area contributed by atoms with Crippen LogP contribution in [0, 0.1) is 24.0 Å². The summed E-state index contributed by atoms with van der Waals surface area (Å²) in [5.41, 5.74) is 2.92. The Morgan fingerprint density at radius 2 is 1.88 bits per heavy atom. The van der Waals surface area contributed by atoms with Crippen LogP contribution >= 0.6 is 11.3 Å². The summed E-state index contributed by atoms with van der Waals surface area (Å²) in [6, 6.07) is 8.31. The molecule has 0 atom stereocenters. The Kier molecular flexibility index (Phi) is 4.37. The molecule has 0 aliphatic rings. The molecule has 128 valence electrons.